The topological polar surface area (TPSA) is 40.5 Å². The third-order valence-electron chi connectivity index (χ3n) is 3.50. The smallest absolute Gasteiger partial charge is 0.326 e. The first-order valence-corrected chi connectivity index (χ1v) is 6.67. The fraction of sp³-hybridized carbons (Fsp3) is 0.533. The Bertz CT molecular complexity index is 428. The number of carboxylic acids is 1. The van der Waals surface area contributed by atoms with E-state index in [9.17, 15) is 9.90 Å². The average Bonchev–Trinajstić information content (AvgIpc) is 2.35. The summed E-state index contributed by atoms with van der Waals surface area (Å²) in [5, 5.41) is 9.46. The molecule has 0 radical (unpaired) electrons. The molecular formula is C15H21NO2. The molecule has 0 spiro atoms. The summed E-state index contributed by atoms with van der Waals surface area (Å²) in [7, 11) is 0. The van der Waals surface area contributed by atoms with Crippen LogP contribution in [-0.4, -0.2) is 23.7 Å². The lowest BCUT2D eigenvalue weighted by molar-refractivity contribution is -0.139. The van der Waals surface area contributed by atoms with Gasteiger partial charge in [-0.3, -0.25) is 0 Å². The van der Waals surface area contributed by atoms with Gasteiger partial charge in [0.2, 0.25) is 0 Å². The number of rotatable bonds is 4. The third-order valence-corrected chi connectivity index (χ3v) is 3.50. The van der Waals surface area contributed by atoms with E-state index >= 15 is 0 Å². The maximum absolute atomic E-state index is 11.5. The van der Waals surface area contributed by atoms with Crippen LogP contribution in [0.15, 0.2) is 24.3 Å². The number of para-hydroxylation sites is 1. The maximum atomic E-state index is 11.5. The fourth-order valence-electron chi connectivity index (χ4n) is 2.69. The van der Waals surface area contributed by atoms with Gasteiger partial charge in [0.1, 0.15) is 6.04 Å². The number of aliphatic carboxylic acids is 1. The van der Waals surface area contributed by atoms with Crippen LogP contribution in [0.3, 0.4) is 0 Å². The molecule has 1 unspecified atom stereocenters. The van der Waals surface area contributed by atoms with Crippen LogP contribution in [0.5, 0.6) is 0 Å². The summed E-state index contributed by atoms with van der Waals surface area (Å²) >= 11 is 0. The Hall–Kier alpha value is -1.51. The Morgan fingerprint density at radius 2 is 2.11 bits per heavy atom. The van der Waals surface area contributed by atoms with Crippen molar-refractivity contribution in [2.45, 2.75) is 39.2 Å². The van der Waals surface area contributed by atoms with Crippen LogP contribution in [0.1, 0.15) is 32.3 Å². The highest BCUT2D eigenvalue weighted by atomic mass is 16.4. The van der Waals surface area contributed by atoms with E-state index in [1.807, 2.05) is 18.2 Å². The molecule has 18 heavy (non-hydrogen) atoms. The minimum atomic E-state index is -0.708. The van der Waals surface area contributed by atoms with Crippen molar-refractivity contribution in [3.05, 3.63) is 29.8 Å². The van der Waals surface area contributed by atoms with Crippen molar-refractivity contribution in [2.75, 3.05) is 11.4 Å². The zero-order chi connectivity index (χ0) is 13.1. The first-order valence-electron chi connectivity index (χ1n) is 6.67. The Labute approximate surface area is 108 Å². The predicted molar refractivity (Wildman–Crippen MR) is 73.0 cm³/mol. The lowest BCUT2D eigenvalue weighted by atomic mass is 9.96. The number of carboxylic acid groups (broad SMARTS) is 1. The molecule has 0 saturated carbocycles. The van der Waals surface area contributed by atoms with E-state index in [-0.39, 0.29) is 0 Å². The van der Waals surface area contributed by atoms with Gasteiger partial charge in [-0.2, -0.15) is 0 Å². The van der Waals surface area contributed by atoms with E-state index in [0.29, 0.717) is 12.3 Å². The van der Waals surface area contributed by atoms with Crippen molar-refractivity contribution in [3.8, 4) is 0 Å². The largest absolute Gasteiger partial charge is 0.480 e. The first kappa shape index (κ1) is 12.9. The molecule has 1 aliphatic rings. The first-order chi connectivity index (χ1) is 8.59. The van der Waals surface area contributed by atoms with Crippen LogP contribution in [-0.2, 0) is 11.2 Å². The quantitative estimate of drug-likeness (QED) is 0.889. The highest BCUT2D eigenvalue weighted by Gasteiger charge is 2.29. The van der Waals surface area contributed by atoms with Crippen LogP contribution in [0.2, 0.25) is 0 Å². The molecular weight excluding hydrogens is 226 g/mol. The van der Waals surface area contributed by atoms with Gasteiger partial charge in [-0.05, 0) is 36.8 Å². The van der Waals surface area contributed by atoms with Crippen LogP contribution >= 0.6 is 0 Å². The van der Waals surface area contributed by atoms with Gasteiger partial charge in [-0.25, -0.2) is 4.79 Å². The lowest BCUT2D eigenvalue weighted by Crippen LogP contribution is -2.44. The molecule has 1 heterocycles. The maximum Gasteiger partial charge on any atom is 0.326 e. The molecule has 0 aliphatic carbocycles. The Balaban J connectivity index is 2.29. The number of anilines is 1. The van der Waals surface area contributed by atoms with Gasteiger partial charge in [0.25, 0.3) is 0 Å². The number of aryl methyl sites for hydroxylation is 1. The van der Waals surface area contributed by atoms with Crippen molar-refractivity contribution in [1.82, 2.24) is 0 Å². The Morgan fingerprint density at radius 3 is 2.78 bits per heavy atom. The standard InChI is InChI=1S/C15H21NO2/c1-11(2)10-14(15(17)18)16-9-5-7-12-6-3-4-8-13(12)16/h3-4,6,8,11,14H,5,7,9-10H2,1-2H3,(H,17,18). The van der Waals surface area contributed by atoms with Crippen molar-refractivity contribution in [1.29, 1.82) is 0 Å². The summed E-state index contributed by atoms with van der Waals surface area (Å²) < 4.78 is 0. The SMILES string of the molecule is CC(C)CC(C(=O)O)N1CCCc2ccccc21. The van der Waals surface area contributed by atoms with Gasteiger partial charge in [0, 0.05) is 12.2 Å². The number of benzene rings is 1. The molecule has 3 heteroatoms. The summed E-state index contributed by atoms with van der Waals surface area (Å²) in [6, 6.07) is 7.78. The average molecular weight is 247 g/mol. The number of fused-ring (bicyclic) bond motifs is 1. The molecule has 0 bridgehead atoms. The molecule has 1 aliphatic heterocycles. The molecule has 1 aromatic carbocycles. The molecule has 2 rings (SSSR count). The van der Waals surface area contributed by atoms with Crippen molar-refractivity contribution >= 4 is 11.7 Å². The van der Waals surface area contributed by atoms with Gasteiger partial charge < -0.3 is 10.0 Å². The van der Waals surface area contributed by atoms with E-state index in [0.717, 1.165) is 25.1 Å². The van der Waals surface area contributed by atoms with Crippen LogP contribution in [0.25, 0.3) is 0 Å². The number of carbonyl (C=O) groups is 1. The second-order valence-corrected chi connectivity index (χ2v) is 5.41. The molecule has 0 aromatic heterocycles. The number of hydrogen-bond donors (Lipinski definition) is 1. The van der Waals surface area contributed by atoms with E-state index in [1.54, 1.807) is 0 Å². The summed E-state index contributed by atoms with van der Waals surface area (Å²) in [6.45, 7) is 5.00. The Kier molecular flexibility index (Phi) is 3.90. The molecule has 0 fully saturated rings. The Morgan fingerprint density at radius 1 is 1.39 bits per heavy atom. The van der Waals surface area contributed by atoms with Crippen LogP contribution in [0.4, 0.5) is 5.69 Å². The minimum absolute atomic E-state index is 0.389. The van der Waals surface area contributed by atoms with Gasteiger partial charge >= 0.3 is 5.97 Å². The third kappa shape index (κ3) is 2.66. The van der Waals surface area contributed by atoms with Crippen molar-refractivity contribution in [2.24, 2.45) is 5.92 Å². The highest BCUT2D eigenvalue weighted by Crippen LogP contribution is 2.30. The molecule has 0 saturated heterocycles. The zero-order valence-electron chi connectivity index (χ0n) is 11.1. The van der Waals surface area contributed by atoms with Crippen molar-refractivity contribution in [3.63, 3.8) is 0 Å². The molecule has 0 amide bonds. The molecule has 1 atom stereocenters. The van der Waals surface area contributed by atoms with Gasteiger partial charge in [-0.1, -0.05) is 32.0 Å². The molecule has 3 nitrogen and oxygen atoms in total. The summed E-state index contributed by atoms with van der Waals surface area (Å²) in [5.74, 6) is -0.319. The lowest BCUT2D eigenvalue weighted by Gasteiger charge is -2.36. The summed E-state index contributed by atoms with van der Waals surface area (Å²) in [6.07, 6.45) is 2.79. The minimum Gasteiger partial charge on any atom is -0.480 e. The second kappa shape index (κ2) is 5.42. The molecule has 1 aromatic rings. The van der Waals surface area contributed by atoms with Gasteiger partial charge in [0.05, 0.1) is 0 Å². The fourth-order valence-corrected chi connectivity index (χ4v) is 2.69. The van der Waals surface area contributed by atoms with E-state index < -0.39 is 12.0 Å². The van der Waals surface area contributed by atoms with Crippen LogP contribution in [0, 0.1) is 5.92 Å². The van der Waals surface area contributed by atoms with Gasteiger partial charge in [-0.15, -0.1) is 0 Å². The normalized spacial score (nSPS) is 16.5. The number of hydrogen-bond acceptors (Lipinski definition) is 2. The van der Waals surface area contributed by atoms with E-state index in [1.165, 1.54) is 5.56 Å². The number of nitrogens with zero attached hydrogens (tertiary/aromatic N) is 1. The monoisotopic (exact) mass is 247 g/mol. The predicted octanol–water partition coefficient (Wildman–Crippen LogP) is 2.94. The molecule has 98 valence electrons. The van der Waals surface area contributed by atoms with E-state index in [4.69, 9.17) is 0 Å². The summed E-state index contributed by atoms with van der Waals surface area (Å²) in [5.41, 5.74) is 2.38. The second-order valence-electron chi connectivity index (χ2n) is 5.41. The van der Waals surface area contributed by atoms with Gasteiger partial charge in [0.15, 0.2) is 0 Å². The highest BCUT2D eigenvalue weighted by molar-refractivity contribution is 5.79. The zero-order valence-corrected chi connectivity index (χ0v) is 11.1. The van der Waals surface area contributed by atoms with Crippen molar-refractivity contribution < 1.29 is 9.90 Å². The summed E-state index contributed by atoms with van der Waals surface area (Å²) in [4.78, 5) is 13.6. The van der Waals surface area contributed by atoms with E-state index in [2.05, 4.69) is 24.8 Å². The van der Waals surface area contributed by atoms with Crippen LogP contribution < -0.4 is 4.90 Å². The molecule has 1 N–H and O–H groups in total.